The van der Waals surface area contributed by atoms with E-state index in [1.54, 1.807) is 24.5 Å². The molecule has 6 heteroatoms. The van der Waals surface area contributed by atoms with Crippen LogP contribution in [0.25, 0.3) is 0 Å². The van der Waals surface area contributed by atoms with Crippen LogP contribution >= 0.6 is 0 Å². The molecular formula is C15H16N2O3S. The molecule has 21 heavy (non-hydrogen) atoms. The Hall–Kier alpha value is -2.21. The van der Waals surface area contributed by atoms with Crippen molar-refractivity contribution in [2.24, 2.45) is 0 Å². The van der Waals surface area contributed by atoms with Crippen LogP contribution < -0.4 is 5.32 Å². The number of carbonyl (C=O) groups excluding carboxylic acids is 1. The summed E-state index contributed by atoms with van der Waals surface area (Å²) in [6.07, 6.45) is 5.44. The van der Waals surface area contributed by atoms with Crippen molar-refractivity contribution < 1.29 is 13.2 Å². The van der Waals surface area contributed by atoms with Gasteiger partial charge < -0.3 is 5.32 Å². The SMILES string of the molecule is CS(=O)(=O)c1cccc(NC(=O)CCc2ccncc2)c1. The molecule has 0 radical (unpaired) electrons. The number of amides is 1. The summed E-state index contributed by atoms with van der Waals surface area (Å²) in [5, 5.41) is 2.71. The molecule has 2 rings (SSSR count). The molecule has 1 aromatic heterocycles. The van der Waals surface area contributed by atoms with E-state index in [2.05, 4.69) is 10.3 Å². The van der Waals surface area contributed by atoms with Crippen molar-refractivity contribution in [1.29, 1.82) is 0 Å². The van der Waals surface area contributed by atoms with Gasteiger partial charge in [-0.25, -0.2) is 8.42 Å². The lowest BCUT2D eigenvalue weighted by Gasteiger charge is -2.07. The number of nitrogens with zero attached hydrogens (tertiary/aromatic N) is 1. The Bertz CT molecular complexity index is 728. The fraction of sp³-hybridized carbons (Fsp3) is 0.200. The summed E-state index contributed by atoms with van der Waals surface area (Å²) < 4.78 is 22.9. The minimum absolute atomic E-state index is 0.155. The highest BCUT2D eigenvalue weighted by molar-refractivity contribution is 7.90. The van der Waals surface area contributed by atoms with Crippen molar-refractivity contribution >= 4 is 21.4 Å². The van der Waals surface area contributed by atoms with E-state index < -0.39 is 9.84 Å². The number of nitrogens with one attached hydrogen (secondary N) is 1. The lowest BCUT2D eigenvalue weighted by Crippen LogP contribution is -2.12. The van der Waals surface area contributed by atoms with Crippen molar-refractivity contribution in [3.63, 3.8) is 0 Å². The minimum Gasteiger partial charge on any atom is -0.326 e. The lowest BCUT2D eigenvalue weighted by molar-refractivity contribution is -0.116. The fourth-order valence-electron chi connectivity index (χ4n) is 1.84. The summed E-state index contributed by atoms with van der Waals surface area (Å²) in [5.41, 5.74) is 1.52. The molecule has 5 nitrogen and oxygen atoms in total. The Morgan fingerprint density at radius 2 is 1.90 bits per heavy atom. The smallest absolute Gasteiger partial charge is 0.224 e. The maximum absolute atomic E-state index is 11.9. The topological polar surface area (TPSA) is 76.1 Å². The van der Waals surface area contributed by atoms with E-state index in [0.717, 1.165) is 11.8 Å². The largest absolute Gasteiger partial charge is 0.326 e. The van der Waals surface area contributed by atoms with Crippen molar-refractivity contribution in [2.45, 2.75) is 17.7 Å². The number of carbonyl (C=O) groups is 1. The summed E-state index contributed by atoms with van der Waals surface area (Å²) in [6, 6.07) is 9.95. The summed E-state index contributed by atoms with van der Waals surface area (Å²) in [7, 11) is -3.27. The molecule has 2 aromatic rings. The van der Waals surface area contributed by atoms with Gasteiger partial charge in [0, 0.05) is 30.8 Å². The maximum atomic E-state index is 11.9. The summed E-state index contributed by atoms with van der Waals surface area (Å²) in [6.45, 7) is 0. The third-order valence-electron chi connectivity index (χ3n) is 2.94. The van der Waals surface area contributed by atoms with Gasteiger partial charge in [0.25, 0.3) is 0 Å². The highest BCUT2D eigenvalue weighted by atomic mass is 32.2. The first-order valence-electron chi connectivity index (χ1n) is 6.44. The molecular weight excluding hydrogens is 288 g/mol. The van der Waals surface area contributed by atoms with E-state index in [0.29, 0.717) is 18.5 Å². The number of aryl methyl sites for hydroxylation is 1. The predicted molar refractivity (Wildman–Crippen MR) is 80.7 cm³/mol. The van der Waals surface area contributed by atoms with Gasteiger partial charge in [0.1, 0.15) is 0 Å². The molecule has 110 valence electrons. The number of hydrogen-bond acceptors (Lipinski definition) is 4. The first-order valence-corrected chi connectivity index (χ1v) is 8.33. The number of aromatic nitrogens is 1. The predicted octanol–water partition coefficient (Wildman–Crippen LogP) is 2.06. The standard InChI is InChI=1S/C15H16N2O3S/c1-21(19,20)14-4-2-3-13(11-14)17-15(18)6-5-12-7-9-16-10-8-12/h2-4,7-11H,5-6H2,1H3,(H,17,18). The summed E-state index contributed by atoms with van der Waals surface area (Å²) in [4.78, 5) is 16.0. The van der Waals surface area contributed by atoms with E-state index in [9.17, 15) is 13.2 Å². The number of pyridine rings is 1. The molecule has 0 fully saturated rings. The monoisotopic (exact) mass is 304 g/mol. The molecule has 1 heterocycles. The average molecular weight is 304 g/mol. The zero-order valence-corrected chi connectivity index (χ0v) is 12.4. The van der Waals surface area contributed by atoms with Gasteiger partial charge in [0.15, 0.2) is 9.84 Å². The molecule has 0 spiro atoms. The Kier molecular flexibility index (Phi) is 4.70. The lowest BCUT2D eigenvalue weighted by atomic mass is 10.1. The van der Waals surface area contributed by atoms with Crippen LogP contribution in [-0.2, 0) is 21.1 Å². The number of rotatable bonds is 5. The van der Waals surface area contributed by atoms with Crippen molar-refractivity contribution in [3.8, 4) is 0 Å². The van der Waals surface area contributed by atoms with Crippen LogP contribution in [0.4, 0.5) is 5.69 Å². The Morgan fingerprint density at radius 3 is 2.57 bits per heavy atom. The van der Waals surface area contributed by atoms with E-state index in [4.69, 9.17) is 0 Å². The first-order chi connectivity index (χ1) is 9.95. The molecule has 0 aliphatic heterocycles. The maximum Gasteiger partial charge on any atom is 0.224 e. The first kappa shape index (κ1) is 15.2. The van der Waals surface area contributed by atoms with Crippen LogP contribution in [0.15, 0.2) is 53.7 Å². The molecule has 0 aliphatic rings. The average Bonchev–Trinajstić information content (AvgIpc) is 2.46. The molecule has 0 unspecified atom stereocenters. The molecule has 1 N–H and O–H groups in total. The van der Waals surface area contributed by atoms with Crippen molar-refractivity contribution in [2.75, 3.05) is 11.6 Å². The Balaban J connectivity index is 1.97. The summed E-state index contributed by atoms with van der Waals surface area (Å²) in [5.74, 6) is -0.155. The second kappa shape index (κ2) is 6.49. The summed E-state index contributed by atoms with van der Waals surface area (Å²) >= 11 is 0. The normalized spacial score (nSPS) is 11.1. The molecule has 1 aromatic carbocycles. The second-order valence-electron chi connectivity index (χ2n) is 4.70. The van der Waals surface area contributed by atoms with Crippen LogP contribution in [0.2, 0.25) is 0 Å². The number of benzene rings is 1. The van der Waals surface area contributed by atoms with Gasteiger partial charge in [-0.3, -0.25) is 9.78 Å². The quantitative estimate of drug-likeness (QED) is 0.917. The zero-order valence-electron chi connectivity index (χ0n) is 11.6. The van der Waals surface area contributed by atoms with Crippen molar-refractivity contribution in [3.05, 3.63) is 54.4 Å². The van der Waals surface area contributed by atoms with Crippen molar-refractivity contribution in [1.82, 2.24) is 4.98 Å². The van der Waals surface area contributed by atoms with Gasteiger partial charge >= 0.3 is 0 Å². The van der Waals surface area contributed by atoms with Gasteiger partial charge in [-0.2, -0.15) is 0 Å². The molecule has 0 aliphatic carbocycles. The van der Waals surface area contributed by atoms with Crippen LogP contribution in [0.5, 0.6) is 0 Å². The molecule has 0 saturated carbocycles. The van der Waals surface area contributed by atoms with Crippen LogP contribution in [0.1, 0.15) is 12.0 Å². The van der Waals surface area contributed by atoms with Gasteiger partial charge in [-0.05, 0) is 42.3 Å². The second-order valence-corrected chi connectivity index (χ2v) is 6.72. The van der Waals surface area contributed by atoms with E-state index in [1.807, 2.05) is 12.1 Å². The highest BCUT2D eigenvalue weighted by Gasteiger charge is 2.09. The fourth-order valence-corrected chi connectivity index (χ4v) is 2.50. The van der Waals surface area contributed by atoms with E-state index >= 15 is 0 Å². The van der Waals surface area contributed by atoms with Gasteiger partial charge in [-0.1, -0.05) is 6.07 Å². The minimum atomic E-state index is -3.27. The van der Waals surface area contributed by atoms with Crippen LogP contribution in [-0.4, -0.2) is 25.6 Å². The van der Waals surface area contributed by atoms with Gasteiger partial charge in [-0.15, -0.1) is 0 Å². The Morgan fingerprint density at radius 1 is 1.19 bits per heavy atom. The molecule has 0 bridgehead atoms. The number of sulfone groups is 1. The third-order valence-corrected chi connectivity index (χ3v) is 4.05. The molecule has 0 atom stereocenters. The van der Waals surface area contributed by atoms with E-state index in [-0.39, 0.29) is 10.8 Å². The van der Waals surface area contributed by atoms with Gasteiger partial charge in [0.05, 0.1) is 4.90 Å². The third kappa shape index (κ3) is 4.68. The Labute approximate surface area is 124 Å². The number of hydrogen-bond donors (Lipinski definition) is 1. The van der Waals surface area contributed by atoms with E-state index in [1.165, 1.54) is 12.1 Å². The molecule has 0 saturated heterocycles. The van der Waals surface area contributed by atoms with Gasteiger partial charge in [0.2, 0.25) is 5.91 Å². The molecule has 1 amide bonds. The van der Waals surface area contributed by atoms with Crippen LogP contribution in [0, 0.1) is 0 Å². The zero-order chi connectivity index (χ0) is 15.3. The number of anilines is 1. The highest BCUT2D eigenvalue weighted by Crippen LogP contribution is 2.15. The van der Waals surface area contributed by atoms with Crippen LogP contribution in [0.3, 0.4) is 0 Å².